The Hall–Kier alpha value is -1.93. The van der Waals surface area contributed by atoms with Gasteiger partial charge in [0.2, 0.25) is 0 Å². The molecule has 2 rings (SSSR count). The predicted octanol–water partition coefficient (Wildman–Crippen LogP) is 5.89. The summed E-state index contributed by atoms with van der Waals surface area (Å²) in [6, 6.07) is 16.9. The Labute approximate surface area is 153 Å². The zero-order valence-electron chi connectivity index (χ0n) is 15.9. The van der Waals surface area contributed by atoms with Gasteiger partial charge in [-0.25, -0.2) is 0 Å². The molecule has 0 N–H and O–H groups in total. The van der Waals surface area contributed by atoms with Crippen LogP contribution in [0.15, 0.2) is 53.5 Å². The van der Waals surface area contributed by atoms with Crippen molar-refractivity contribution in [2.24, 2.45) is 4.99 Å². The van der Waals surface area contributed by atoms with Gasteiger partial charge in [0.25, 0.3) is 0 Å². The standard InChI is InChI=1S/C23H31NO/c1-4-9-23(25-18-22-14-13-19(2)20(3)16-22)12-8-15-24-17-21-10-6-5-7-11-21/h5-7,10-11,13-14,16-17,23H,4,8-9,12,15,18H2,1-3H3. The molecule has 0 fully saturated rings. The highest BCUT2D eigenvalue weighted by Gasteiger charge is 2.08. The molecule has 1 atom stereocenters. The summed E-state index contributed by atoms with van der Waals surface area (Å²) in [5, 5.41) is 0. The smallest absolute Gasteiger partial charge is 0.0720 e. The van der Waals surface area contributed by atoms with Crippen molar-refractivity contribution in [1.29, 1.82) is 0 Å². The summed E-state index contributed by atoms with van der Waals surface area (Å²) in [6.45, 7) is 8.10. The molecule has 2 aromatic carbocycles. The van der Waals surface area contributed by atoms with Gasteiger partial charge in [-0.3, -0.25) is 4.99 Å². The van der Waals surface area contributed by atoms with Crippen LogP contribution in [0.4, 0.5) is 0 Å². The molecular weight excluding hydrogens is 306 g/mol. The molecule has 0 spiro atoms. The van der Waals surface area contributed by atoms with Crippen LogP contribution >= 0.6 is 0 Å². The van der Waals surface area contributed by atoms with Gasteiger partial charge in [0.05, 0.1) is 12.7 Å². The topological polar surface area (TPSA) is 21.6 Å². The summed E-state index contributed by atoms with van der Waals surface area (Å²) in [5.74, 6) is 0. The van der Waals surface area contributed by atoms with Crippen LogP contribution in [0.3, 0.4) is 0 Å². The fourth-order valence-electron chi connectivity index (χ4n) is 2.86. The van der Waals surface area contributed by atoms with E-state index in [1.807, 2.05) is 24.4 Å². The molecule has 0 aliphatic rings. The van der Waals surface area contributed by atoms with Crippen LogP contribution in [0.25, 0.3) is 0 Å². The van der Waals surface area contributed by atoms with Gasteiger partial charge in [-0.2, -0.15) is 0 Å². The molecule has 1 unspecified atom stereocenters. The third-order valence-electron chi connectivity index (χ3n) is 4.52. The summed E-state index contributed by atoms with van der Waals surface area (Å²) < 4.78 is 6.18. The van der Waals surface area contributed by atoms with Crippen LogP contribution in [0.1, 0.15) is 54.9 Å². The number of ether oxygens (including phenoxy) is 1. The highest BCUT2D eigenvalue weighted by Crippen LogP contribution is 2.15. The lowest BCUT2D eigenvalue weighted by molar-refractivity contribution is 0.0281. The van der Waals surface area contributed by atoms with E-state index in [1.54, 1.807) is 0 Å². The minimum atomic E-state index is 0.332. The molecule has 2 heteroatoms. The number of rotatable bonds is 10. The molecule has 0 saturated heterocycles. The SMILES string of the molecule is CCCC(CCCN=Cc1ccccc1)OCc1ccc(C)c(C)c1. The number of nitrogens with zero attached hydrogens (tertiary/aromatic N) is 1. The maximum Gasteiger partial charge on any atom is 0.0720 e. The van der Waals surface area contributed by atoms with Gasteiger partial charge in [0.15, 0.2) is 0 Å². The van der Waals surface area contributed by atoms with Crippen molar-refractivity contribution in [2.75, 3.05) is 6.54 Å². The average Bonchev–Trinajstić information content (AvgIpc) is 2.63. The maximum atomic E-state index is 6.18. The molecule has 134 valence electrons. The van der Waals surface area contributed by atoms with Crippen molar-refractivity contribution >= 4 is 6.21 Å². The molecule has 0 saturated carbocycles. The highest BCUT2D eigenvalue weighted by molar-refractivity contribution is 5.79. The van der Waals surface area contributed by atoms with E-state index in [9.17, 15) is 0 Å². The van der Waals surface area contributed by atoms with E-state index >= 15 is 0 Å². The summed E-state index contributed by atoms with van der Waals surface area (Å²) in [7, 11) is 0. The quantitative estimate of drug-likeness (QED) is 0.391. The zero-order valence-corrected chi connectivity index (χ0v) is 15.9. The number of hydrogen-bond donors (Lipinski definition) is 0. The van der Waals surface area contributed by atoms with E-state index in [-0.39, 0.29) is 0 Å². The number of hydrogen-bond acceptors (Lipinski definition) is 2. The van der Waals surface area contributed by atoms with Crippen LogP contribution in [0.2, 0.25) is 0 Å². The molecule has 0 aliphatic carbocycles. The van der Waals surface area contributed by atoms with Crippen molar-refractivity contribution in [3.8, 4) is 0 Å². The second-order valence-electron chi connectivity index (χ2n) is 6.73. The number of aryl methyl sites for hydroxylation is 2. The van der Waals surface area contributed by atoms with Gasteiger partial charge in [0.1, 0.15) is 0 Å². The average molecular weight is 338 g/mol. The lowest BCUT2D eigenvalue weighted by Crippen LogP contribution is -2.13. The fourth-order valence-corrected chi connectivity index (χ4v) is 2.86. The maximum absolute atomic E-state index is 6.18. The van der Waals surface area contributed by atoms with Crippen molar-refractivity contribution in [1.82, 2.24) is 0 Å². The highest BCUT2D eigenvalue weighted by atomic mass is 16.5. The lowest BCUT2D eigenvalue weighted by atomic mass is 10.1. The minimum Gasteiger partial charge on any atom is -0.374 e. The Morgan fingerprint density at radius 2 is 1.80 bits per heavy atom. The molecule has 0 bridgehead atoms. The zero-order chi connectivity index (χ0) is 17.9. The minimum absolute atomic E-state index is 0.332. The van der Waals surface area contributed by atoms with Gasteiger partial charge in [0, 0.05) is 12.8 Å². The Balaban J connectivity index is 1.74. The first-order valence-corrected chi connectivity index (χ1v) is 9.41. The van der Waals surface area contributed by atoms with Crippen LogP contribution in [0, 0.1) is 13.8 Å². The molecule has 0 aliphatic heterocycles. The van der Waals surface area contributed by atoms with Gasteiger partial charge in [-0.05, 0) is 55.4 Å². The summed E-state index contributed by atoms with van der Waals surface area (Å²) in [4.78, 5) is 4.53. The molecule has 2 aromatic rings. The molecule has 2 nitrogen and oxygen atoms in total. The van der Waals surface area contributed by atoms with E-state index in [4.69, 9.17) is 4.74 Å². The first-order chi connectivity index (χ1) is 12.2. The summed E-state index contributed by atoms with van der Waals surface area (Å²) in [5.41, 5.74) is 5.11. The molecule has 0 aromatic heterocycles. The van der Waals surface area contributed by atoms with Crippen LogP contribution in [0.5, 0.6) is 0 Å². The predicted molar refractivity (Wildman–Crippen MR) is 108 cm³/mol. The Kier molecular flexibility index (Phi) is 8.41. The van der Waals surface area contributed by atoms with Crippen molar-refractivity contribution in [3.63, 3.8) is 0 Å². The second-order valence-corrected chi connectivity index (χ2v) is 6.73. The number of aliphatic imine (C=N–C) groups is 1. The van der Waals surface area contributed by atoms with E-state index < -0.39 is 0 Å². The van der Waals surface area contributed by atoms with E-state index in [2.05, 4.69) is 56.1 Å². The van der Waals surface area contributed by atoms with Gasteiger partial charge >= 0.3 is 0 Å². The first-order valence-electron chi connectivity index (χ1n) is 9.41. The van der Waals surface area contributed by atoms with Crippen LogP contribution < -0.4 is 0 Å². The van der Waals surface area contributed by atoms with Crippen molar-refractivity contribution in [3.05, 3.63) is 70.8 Å². The molecular formula is C23H31NO. The third-order valence-corrected chi connectivity index (χ3v) is 4.52. The van der Waals surface area contributed by atoms with Crippen LogP contribution in [-0.4, -0.2) is 18.9 Å². The normalized spacial score (nSPS) is 12.6. The molecule has 25 heavy (non-hydrogen) atoms. The molecule has 0 radical (unpaired) electrons. The Morgan fingerprint density at radius 1 is 1.00 bits per heavy atom. The lowest BCUT2D eigenvalue weighted by Gasteiger charge is -2.17. The Bertz CT molecular complexity index is 648. The van der Waals surface area contributed by atoms with Gasteiger partial charge < -0.3 is 4.74 Å². The number of benzene rings is 2. The Morgan fingerprint density at radius 3 is 2.52 bits per heavy atom. The van der Waals surface area contributed by atoms with Crippen molar-refractivity contribution < 1.29 is 4.74 Å². The molecule has 0 amide bonds. The molecule has 0 heterocycles. The first kappa shape index (κ1) is 19.4. The third kappa shape index (κ3) is 7.23. The monoisotopic (exact) mass is 337 g/mol. The largest absolute Gasteiger partial charge is 0.374 e. The van der Waals surface area contributed by atoms with Crippen molar-refractivity contribution in [2.45, 2.75) is 59.2 Å². The van der Waals surface area contributed by atoms with E-state index in [1.165, 1.54) is 22.3 Å². The summed E-state index contributed by atoms with van der Waals surface area (Å²) in [6.07, 6.45) is 6.72. The van der Waals surface area contributed by atoms with Gasteiger partial charge in [-0.15, -0.1) is 0 Å². The summed E-state index contributed by atoms with van der Waals surface area (Å²) >= 11 is 0. The van der Waals surface area contributed by atoms with Crippen LogP contribution in [-0.2, 0) is 11.3 Å². The second kappa shape index (κ2) is 10.8. The van der Waals surface area contributed by atoms with E-state index in [0.29, 0.717) is 12.7 Å². The van der Waals surface area contributed by atoms with E-state index in [0.717, 1.165) is 32.2 Å². The van der Waals surface area contributed by atoms with Gasteiger partial charge in [-0.1, -0.05) is 61.9 Å². The fraction of sp³-hybridized carbons (Fsp3) is 0.435.